The first-order valence-electron chi connectivity index (χ1n) is 5.64. The van der Waals surface area contributed by atoms with Gasteiger partial charge in [-0.25, -0.2) is 9.89 Å². The molecule has 0 amide bonds. The Kier molecular flexibility index (Phi) is 3.38. The number of H-pyrrole nitrogens is 1. The van der Waals surface area contributed by atoms with Crippen LogP contribution in [0.15, 0.2) is 16.9 Å². The molecule has 0 aliphatic rings. The first-order valence-corrected chi connectivity index (χ1v) is 5.64. The lowest BCUT2D eigenvalue weighted by Crippen LogP contribution is -2.22. The number of aromatic amines is 1. The summed E-state index contributed by atoms with van der Waals surface area (Å²) in [6, 6.07) is 3.71. The first kappa shape index (κ1) is 11.6. The van der Waals surface area contributed by atoms with E-state index in [1.165, 1.54) is 4.52 Å². The molecule has 2 aromatic heterocycles. The van der Waals surface area contributed by atoms with Gasteiger partial charge in [0.2, 0.25) is 0 Å². The Hall–Kier alpha value is -1.89. The van der Waals surface area contributed by atoms with E-state index in [4.69, 9.17) is 5.73 Å². The van der Waals surface area contributed by atoms with Gasteiger partial charge >= 0.3 is 5.69 Å². The molecule has 7 nitrogen and oxygen atoms in total. The highest BCUT2D eigenvalue weighted by molar-refractivity contribution is 5.42. The topological polar surface area (TPSA) is 101 Å². The maximum Gasteiger partial charge on any atom is 0.364 e. The van der Waals surface area contributed by atoms with Gasteiger partial charge in [-0.2, -0.15) is 9.61 Å². The summed E-state index contributed by atoms with van der Waals surface area (Å²) in [5.74, 6) is 0.643. The number of nitrogens with two attached hydrogens (primary N) is 1. The van der Waals surface area contributed by atoms with Crippen molar-refractivity contribution in [2.45, 2.75) is 25.8 Å². The third-order valence-electron chi connectivity index (χ3n) is 2.62. The Bertz CT molecular complexity index is 545. The summed E-state index contributed by atoms with van der Waals surface area (Å²) in [6.45, 7) is 2.79. The molecule has 0 aliphatic heterocycles. The predicted octanol–water partition coefficient (Wildman–Crippen LogP) is -0.0431. The predicted molar refractivity (Wildman–Crippen MR) is 65.0 cm³/mol. The monoisotopic (exact) mass is 236 g/mol. The average Bonchev–Trinajstić information content (AvgIpc) is 2.71. The van der Waals surface area contributed by atoms with Crippen LogP contribution >= 0.6 is 0 Å². The molecule has 2 heterocycles. The van der Waals surface area contributed by atoms with E-state index in [1.54, 1.807) is 12.1 Å². The second kappa shape index (κ2) is 4.96. The van der Waals surface area contributed by atoms with Crippen molar-refractivity contribution in [3.8, 4) is 0 Å². The fourth-order valence-electron chi connectivity index (χ4n) is 1.49. The molecule has 2 rings (SSSR count). The Morgan fingerprint density at radius 3 is 3.18 bits per heavy atom. The normalized spacial score (nSPS) is 12.8. The molecular formula is C10H16N6O. The van der Waals surface area contributed by atoms with Crippen LogP contribution in [0.4, 0.5) is 5.82 Å². The van der Waals surface area contributed by atoms with Crippen molar-refractivity contribution in [3.05, 3.63) is 22.6 Å². The highest BCUT2D eigenvalue weighted by Crippen LogP contribution is 2.03. The first-order chi connectivity index (χ1) is 8.20. The van der Waals surface area contributed by atoms with E-state index < -0.39 is 0 Å². The van der Waals surface area contributed by atoms with Crippen LogP contribution in [0.5, 0.6) is 0 Å². The SMILES string of the molecule is CCC(N)CCNc1ccc2n[nH]c(=O)n2n1. The molecule has 0 bridgehead atoms. The van der Waals surface area contributed by atoms with Gasteiger partial charge in [0.05, 0.1) is 0 Å². The lowest BCUT2D eigenvalue weighted by molar-refractivity contribution is 0.612. The number of fused-ring (bicyclic) bond motifs is 1. The molecule has 0 radical (unpaired) electrons. The van der Waals surface area contributed by atoms with Crippen LogP contribution < -0.4 is 16.7 Å². The zero-order valence-electron chi connectivity index (χ0n) is 9.68. The van der Waals surface area contributed by atoms with Crippen molar-refractivity contribution in [1.29, 1.82) is 0 Å². The zero-order chi connectivity index (χ0) is 12.3. The van der Waals surface area contributed by atoms with E-state index in [-0.39, 0.29) is 11.7 Å². The summed E-state index contributed by atoms with van der Waals surface area (Å²) in [5.41, 5.74) is 5.97. The van der Waals surface area contributed by atoms with Crippen LogP contribution in [0.1, 0.15) is 19.8 Å². The van der Waals surface area contributed by atoms with Crippen LogP contribution in [0.3, 0.4) is 0 Å². The van der Waals surface area contributed by atoms with Gasteiger partial charge in [0.1, 0.15) is 5.82 Å². The number of hydrogen-bond acceptors (Lipinski definition) is 5. The molecule has 1 unspecified atom stereocenters. The minimum absolute atomic E-state index is 0.197. The lowest BCUT2D eigenvalue weighted by atomic mass is 10.2. The molecule has 2 aromatic rings. The van der Waals surface area contributed by atoms with Gasteiger partial charge in [-0.3, -0.25) is 0 Å². The Balaban J connectivity index is 2.04. The van der Waals surface area contributed by atoms with Gasteiger partial charge in [-0.15, -0.1) is 5.10 Å². The van der Waals surface area contributed by atoms with Gasteiger partial charge in [0, 0.05) is 12.6 Å². The van der Waals surface area contributed by atoms with Gasteiger partial charge in [0.25, 0.3) is 0 Å². The van der Waals surface area contributed by atoms with E-state index in [0.29, 0.717) is 11.5 Å². The van der Waals surface area contributed by atoms with E-state index in [9.17, 15) is 4.79 Å². The molecule has 0 spiro atoms. The lowest BCUT2D eigenvalue weighted by Gasteiger charge is -2.09. The smallest absolute Gasteiger partial charge is 0.364 e. The second-order valence-corrected chi connectivity index (χ2v) is 3.90. The number of anilines is 1. The fraction of sp³-hybridized carbons (Fsp3) is 0.500. The zero-order valence-corrected chi connectivity index (χ0v) is 9.68. The molecular weight excluding hydrogens is 220 g/mol. The van der Waals surface area contributed by atoms with Crippen molar-refractivity contribution in [3.63, 3.8) is 0 Å². The van der Waals surface area contributed by atoms with Crippen molar-refractivity contribution in [2.24, 2.45) is 5.73 Å². The van der Waals surface area contributed by atoms with Crippen LogP contribution in [-0.4, -0.2) is 32.4 Å². The van der Waals surface area contributed by atoms with Crippen LogP contribution in [-0.2, 0) is 0 Å². The summed E-state index contributed by atoms with van der Waals surface area (Å²) in [7, 11) is 0. The number of nitrogens with one attached hydrogen (secondary N) is 2. The Morgan fingerprint density at radius 2 is 2.41 bits per heavy atom. The molecule has 17 heavy (non-hydrogen) atoms. The molecule has 92 valence electrons. The maximum absolute atomic E-state index is 11.3. The molecule has 0 fully saturated rings. The summed E-state index contributed by atoms with van der Waals surface area (Å²) in [5, 5.41) is 13.4. The molecule has 7 heteroatoms. The largest absolute Gasteiger partial charge is 0.369 e. The molecule has 0 aromatic carbocycles. The van der Waals surface area contributed by atoms with Crippen molar-refractivity contribution >= 4 is 11.5 Å². The second-order valence-electron chi connectivity index (χ2n) is 3.90. The van der Waals surface area contributed by atoms with Gasteiger partial charge < -0.3 is 11.1 Å². The molecule has 0 aliphatic carbocycles. The van der Waals surface area contributed by atoms with Crippen LogP contribution in [0, 0.1) is 0 Å². The quantitative estimate of drug-likeness (QED) is 0.676. The summed E-state index contributed by atoms with van der Waals surface area (Å²) >= 11 is 0. The third kappa shape index (κ3) is 2.62. The summed E-state index contributed by atoms with van der Waals surface area (Å²) < 4.78 is 1.22. The van der Waals surface area contributed by atoms with Gasteiger partial charge in [0.15, 0.2) is 5.65 Å². The van der Waals surface area contributed by atoms with Crippen molar-refractivity contribution in [2.75, 3.05) is 11.9 Å². The highest BCUT2D eigenvalue weighted by Gasteiger charge is 2.03. The molecule has 1 atom stereocenters. The van der Waals surface area contributed by atoms with E-state index in [2.05, 4.69) is 27.5 Å². The van der Waals surface area contributed by atoms with E-state index in [0.717, 1.165) is 19.4 Å². The van der Waals surface area contributed by atoms with Gasteiger partial charge in [-0.1, -0.05) is 6.92 Å². The summed E-state index contributed by atoms with van der Waals surface area (Å²) in [6.07, 6.45) is 1.83. The van der Waals surface area contributed by atoms with Crippen LogP contribution in [0.2, 0.25) is 0 Å². The molecule has 0 saturated carbocycles. The van der Waals surface area contributed by atoms with Crippen molar-refractivity contribution < 1.29 is 0 Å². The fourth-order valence-corrected chi connectivity index (χ4v) is 1.49. The molecule has 0 saturated heterocycles. The number of hydrogen-bond donors (Lipinski definition) is 3. The number of nitrogens with zero attached hydrogens (tertiary/aromatic N) is 3. The number of aromatic nitrogens is 4. The van der Waals surface area contributed by atoms with Crippen LogP contribution in [0.25, 0.3) is 5.65 Å². The third-order valence-corrected chi connectivity index (χ3v) is 2.62. The van der Waals surface area contributed by atoms with E-state index >= 15 is 0 Å². The highest BCUT2D eigenvalue weighted by atomic mass is 16.2. The van der Waals surface area contributed by atoms with E-state index in [1.807, 2.05) is 0 Å². The molecule has 4 N–H and O–H groups in total. The average molecular weight is 236 g/mol. The Morgan fingerprint density at radius 1 is 1.59 bits per heavy atom. The summed E-state index contributed by atoms with van der Waals surface area (Å²) in [4.78, 5) is 11.3. The minimum atomic E-state index is -0.339. The standard InChI is InChI=1S/C10H16N6O/c1-2-7(11)5-6-12-8-3-4-9-13-14-10(17)16(9)15-8/h3-4,7H,2,5-6,11H2,1H3,(H,12,15)(H,14,17). The van der Waals surface area contributed by atoms with Crippen molar-refractivity contribution in [1.82, 2.24) is 19.8 Å². The Labute approximate surface area is 98.0 Å². The minimum Gasteiger partial charge on any atom is -0.369 e. The maximum atomic E-state index is 11.3. The number of rotatable bonds is 5. The van der Waals surface area contributed by atoms with Gasteiger partial charge in [-0.05, 0) is 25.0 Å².